The van der Waals surface area contributed by atoms with Crippen LogP contribution in [0.3, 0.4) is 0 Å². The maximum absolute atomic E-state index is 11.8. The topological polar surface area (TPSA) is 95.5 Å². The quantitative estimate of drug-likeness (QED) is 0.506. The molecule has 0 heterocycles. The van der Waals surface area contributed by atoms with Gasteiger partial charge in [-0.1, -0.05) is 18.7 Å². The van der Waals surface area contributed by atoms with Crippen molar-refractivity contribution in [3.63, 3.8) is 0 Å². The fourth-order valence-electron chi connectivity index (χ4n) is 1.66. The Bertz CT molecular complexity index is 540. The van der Waals surface area contributed by atoms with Crippen LogP contribution >= 0.6 is 0 Å². The van der Waals surface area contributed by atoms with Gasteiger partial charge in [0.2, 0.25) is 11.8 Å². The molecule has 0 saturated heterocycles. The van der Waals surface area contributed by atoms with Crippen LogP contribution in [0.1, 0.15) is 25.7 Å². The number of carbonyl (C=O) groups is 3. The van der Waals surface area contributed by atoms with Crippen molar-refractivity contribution in [2.75, 3.05) is 10.6 Å². The molecule has 0 bridgehead atoms. The van der Waals surface area contributed by atoms with E-state index in [-0.39, 0.29) is 24.7 Å². The fraction of sp³-hybridized carbons (Fsp3) is 0.267. The highest BCUT2D eigenvalue weighted by Crippen LogP contribution is 2.21. The van der Waals surface area contributed by atoms with Crippen LogP contribution in [0.5, 0.6) is 0 Å². The summed E-state index contributed by atoms with van der Waals surface area (Å²) in [5.41, 5.74) is 0.984. The Hall–Kier alpha value is -2.63. The maximum Gasteiger partial charge on any atom is 0.303 e. The van der Waals surface area contributed by atoms with Gasteiger partial charge in [-0.2, -0.15) is 0 Å². The SMILES string of the molecule is C=CC(=O)Nc1ccccc1NC(=O)CCCCC(=O)O. The van der Waals surface area contributed by atoms with Gasteiger partial charge in [0.05, 0.1) is 11.4 Å². The molecule has 0 fully saturated rings. The van der Waals surface area contributed by atoms with Gasteiger partial charge in [-0.15, -0.1) is 0 Å². The van der Waals surface area contributed by atoms with Gasteiger partial charge in [-0.25, -0.2) is 0 Å². The minimum absolute atomic E-state index is 0.0548. The molecule has 0 atom stereocenters. The van der Waals surface area contributed by atoms with Crippen molar-refractivity contribution >= 4 is 29.2 Å². The minimum atomic E-state index is -0.868. The van der Waals surface area contributed by atoms with E-state index in [1.165, 1.54) is 0 Å². The summed E-state index contributed by atoms with van der Waals surface area (Å²) < 4.78 is 0. The fourth-order valence-corrected chi connectivity index (χ4v) is 1.66. The molecule has 0 saturated carbocycles. The van der Waals surface area contributed by atoms with Gasteiger partial charge < -0.3 is 15.7 Å². The molecule has 3 N–H and O–H groups in total. The number of amides is 2. The Kier molecular flexibility index (Phi) is 6.67. The number of hydrogen-bond donors (Lipinski definition) is 3. The van der Waals surface area contributed by atoms with E-state index in [4.69, 9.17) is 5.11 Å². The number of anilines is 2. The van der Waals surface area contributed by atoms with Crippen LogP contribution in [-0.2, 0) is 14.4 Å². The molecule has 0 radical (unpaired) electrons. The molecule has 1 aromatic carbocycles. The Morgan fingerprint density at radius 3 is 2.19 bits per heavy atom. The van der Waals surface area contributed by atoms with E-state index in [9.17, 15) is 14.4 Å². The van der Waals surface area contributed by atoms with E-state index >= 15 is 0 Å². The molecule has 0 aliphatic rings. The zero-order chi connectivity index (χ0) is 15.7. The second-order valence-electron chi connectivity index (χ2n) is 4.39. The maximum atomic E-state index is 11.8. The van der Waals surface area contributed by atoms with E-state index in [1.54, 1.807) is 24.3 Å². The van der Waals surface area contributed by atoms with E-state index in [2.05, 4.69) is 17.2 Å². The average Bonchev–Trinajstić information content (AvgIpc) is 2.45. The van der Waals surface area contributed by atoms with Crippen LogP contribution in [0.15, 0.2) is 36.9 Å². The highest BCUT2D eigenvalue weighted by molar-refractivity contribution is 6.03. The third kappa shape index (κ3) is 6.38. The average molecular weight is 290 g/mol. The van der Waals surface area contributed by atoms with E-state index in [0.29, 0.717) is 24.2 Å². The monoisotopic (exact) mass is 290 g/mol. The van der Waals surface area contributed by atoms with Crippen molar-refractivity contribution in [3.05, 3.63) is 36.9 Å². The van der Waals surface area contributed by atoms with Crippen molar-refractivity contribution in [1.82, 2.24) is 0 Å². The molecule has 1 rings (SSSR count). The number of aliphatic carboxylic acids is 1. The van der Waals surface area contributed by atoms with Gasteiger partial charge in [-0.3, -0.25) is 14.4 Å². The molecule has 0 aliphatic carbocycles. The van der Waals surface area contributed by atoms with Crippen molar-refractivity contribution in [2.24, 2.45) is 0 Å². The first-order valence-corrected chi connectivity index (χ1v) is 6.57. The van der Waals surface area contributed by atoms with Crippen LogP contribution in [0.25, 0.3) is 0 Å². The summed E-state index contributed by atoms with van der Waals surface area (Å²) in [5, 5.41) is 13.8. The standard InChI is InChI=1S/C15H18N2O4/c1-2-13(18)16-11-7-3-4-8-12(11)17-14(19)9-5-6-10-15(20)21/h2-4,7-8H,1,5-6,9-10H2,(H,16,18)(H,17,19)(H,20,21). The summed E-state index contributed by atoms with van der Waals surface area (Å²) in [5.74, 6) is -1.45. The number of para-hydroxylation sites is 2. The van der Waals surface area contributed by atoms with Gasteiger partial charge in [0.25, 0.3) is 0 Å². The smallest absolute Gasteiger partial charge is 0.303 e. The number of rotatable bonds is 8. The first kappa shape index (κ1) is 16.4. The Morgan fingerprint density at radius 1 is 1.05 bits per heavy atom. The number of carbonyl (C=O) groups excluding carboxylic acids is 2. The number of nitrogens with one attached hydrogen (secondary N) is 2. The summed E-state index contributed by atoms with van der Waals surface area (Å²) in [6.07, 6.45) is 2.39. The van der Waals surface area contributed by atoms with Crippen molar-refractivity contribution in [3.8, 4) is 0 Å². The van der Waals surface area contributed by atoms with Crippen LogP contribution in [-0.4, -0.2) is 22.9 Å². The number of hydrogen-bond acceptors (Lipinski definition) is 3. The van der Waals surface area contributed by atoms with E-state index in [1.807, 2.05) is 0 Å². The molecule has 6 heteroatoms. The Labute approximate surface area is 122 Å². The lowest BCUT2D eigenvalue weighted by atomic mass is 10.2. The molecule has 0 aromatic heterocycles. The van der Waals surface area contributed by atoms with Crippen LogP contribution in [0.4, 0.5) is 11.4 Å². The predicted octanol–water partition coefficient (Wildman–Crippen LogP) is 2.39. The van der Waals surface area contributed by atoms with Gasteiger partial charge in [0.15, 0.2) is 0 Å². The summed E-state index contributed by atoms with van der Waals surface area (Å²) >= 11 is 0. The second-order valence-corrected chi connectivity index (χ2v) is 4.39. The number of carboxylic acid groups (broad SMARTS) is 1. The molecule has 0 spiro atoms. The summed E-state index contributed by atoms with van der Waals surface area (Å²) in [7, 11) is 0. The lowest BCUT2D eigenvalue weighted by Gasteiger charge is -2.11. The van der Waals surface area contributed by atoms with Crippen molar-refractivity contribution in [2.45, 2.75) is 25.7 Å². The molecular weight excluding hydrogens is 272 g/mol. The molecule has 1 aromatic rings. The Morgan fingerprint density at radius 2 is 1.62 bits per heavy atom. The zero-order valence-electron chi connectivity index (χ0n) is 11.6. The summed E-state index contributed by atoms with van der Waals surface area (Å²) in [6.45, 7) is 3.36. The molecule has 112 valence electrons. The van der Waals surface area contributed by atoms with Gasteiger partial charge in [0.1, 0.15) is 0 Å². The lowest BCUT2D eigenvalue weighted by Crippen LogP contribution is -2.15. The normalized spacial score (nSPS) is 9.71. The van der Waals surface area contributed by atoms with Gasteiger partial charge in [0, 0.05) is 12.8 Å². The number of carboxylic acids is 1. The van der Waals surface area contributed by atoms with Crippen LogP contribution in [0.2, 0.25) is 0 Å². The largest absolute Gasteiger partial charge is 0.481 e. The number of unbranched alkanes of at least 4 members (excludes halogenated alkanes) is 1. The second kappa shape index (κ2) is 8.52. The Balaban J connectivity index is 2.53. The minimum Gasteiger partial charge on any atom is -0.481 e. The molecule has 21 heavy (non-hydrogen) atoms. The van der Waals surface area contributed by atoms with Gasteiger partial charge in [-0.05, 0) is 31.1 Å². The lowest BCUT2D eigenvalue weighted by molar-refractivity contribution is -0.137. The molecule has 6 nitrogen and oxygen atoms in total. The highest BCUT2D eigenvalue weighted by atomic mass is 16.4. The van der Waals surface area contributed by atoms with E-state index in [0.717, 1.165) is 6.08 Å². The third-order valence-electron chi connectivity index (χ3n) is 2.69. The number of benzene rings is 1. The van der Waals surface area contributed by atoms with Crippen LogP contribution < -0.4 is 10.6 Å². The van der Waals surface area contributed by atoms with Gasteiger partial charge >= 0.3 is 5.97 Å². The predicted molar refractivity (Wildman–Crippen MR) is 80.0 cm³/mol. The molecule has 0 unspecified atom stereocenters. The van der Waals surface area contributed by atoms with Crippen molar-refractivity contribution < 1.29 is 19.5 Å². The summed E-state index contributed by atoms with van der Waals surface area (Å²) in [6, 6.07) is 6.82. The van der Waals surface area contributed by atoms with Crippen LogP contribution in [0, 0.1) is 0 Å². The third-order valence-corrected chi connectivity index (χ3v) is 2.69. The molecule has 0 aliphatic heterocycles. The van der Waals surface area contributed by atoms with E-state index < -0.39 is 5.97 Å². The first-order chi connectivity index (χ1) is 10.0. The van der Waals surface area contributed by atoms with Crippen molar-refractivity contribution in [1.29, 1.82) is 0 Å². The summed E-state index contributed by atoms with van der Waals surface area (Å²) in [4.78, 5) is 33.4. The first-order valence-electron chi connectivity index (χ1n) is 6.57. The zero-order valence-corrected chi connectivity index (χ0v) is 11.6. The molecular formula is C15H18N2O4. The molecule has 2 amide bonds. The highest BCUT2D eigenvalue weighted by Gasteiger charge is 2.08.